The Labute approximate surface area is 133 Å². The third-order valence-corrected chi connectivity index (χ3v) is 3.36. The lowest BCUT2D eigenvalue weighted by molar-refractivity contribution is -0.145. The lowest BCUT2D eigenvalue weighted by Crippen LogP contribution is -2.45. The molecule has 2 N–H and O–H groups in total. The van der Waals surface area contributed by atoms with Crippen LogP contribution in [0.5, 0.6) is 0 Å². The first kappa shape index (κ1) is 18.0. The topological polar surface area (TPSA) is 92.7 Å². The molecule has 0 spiro atoms. The van der Waals surface area contributed by atoms with Crippen molar-refractivity contribution in [3.8, 4) is 0 Å². The van der Waals surface area contributed by atoms with Gasteiger partial charge < -0.3 is 15.2 Å². The van der Waals surface area contributed by atoms with Crippen LogP contribution in [0.25, 0.3) is 0 Å². The lowest BCUT2D eigenvalue weighted by Gasteiger charge is -2.21. The summed E-state index contributed by atoms with van der Waals surface area (Å²) in [7, 11) is 0. The number of carboxylic acid groups (broad SMARTS) is 1. The Bertz CT molecular complexity index is 561. The van der Waals surface area contributed by atoms with E-state index < -0.39 is 29.8 Å². The summed E-state index contributed by atoms with van der Waals surface area (Å²) in [6.07, 6.45) is -0.104. The molecule has 0 heterocycles. The Morgan fingerprint density at radius 1 is 1.32 bits per heavy atom. The number of nitrogens with one attached hydrogen (secondary N) is 1. The van der Waals surface area contributed by atoms with Crippen molar-refractivity contribution in [1.82, 2.24) is 5.32 Å². The van der Waals surface area contributed by atoms with Gasteiger partial charge in [0.2, 0.25) is 0 Å². The normalized spacial score (nSPS) is 13.0. The molecule has 6 nitrogen and oxygen atoms in total. The molecule has 0 saturated carbocycles. The zero-order valence-electron chi connectivity index (χ0n) is 12.3. The van der Waals surface area contributed by atoms with E-state index >= 15 is 0 Å². The minimum Gasteiger partial charge on any atom is -0.480 e. The Balaban J connectivity index is 2.80. The van der Waals surface area contributed by atoms with Crippen LogP contribution in [0.4, 0.5) is 0 Å². The van der Waals surface area contributed by atoms with Crippen molar-refractivity contribution < 1.29 is 24.2 Å². The molecule has 22 heavy (non-hydrogen) atoms. The molecule has 1 amide bonds. The van der Waals surface area contributed by atoms with Crippen molar-refractivity contribution in [2.24, 2.45) is 5.92 Å². The molecule has 0 saturated heterocycles. The van der Waals surface area contributed by atoms with Gasteiger partial charge in [-0.25, -0.2) is 4.79 Å². The SMILES string of the molecule is CCOC(=O)C[C@H](C)[C@@H](NC(=O)c1ccccc1Cl)C(=O)O. The van der Waals surface area contributed by atoms with Crippen LogP contribution in [0.2, 0.25) is 5.02 Å². The van der Waals surface area contributed by atoms with Gasteiger partial charge in [0.05, 0.1) is 23.6 Å². The Morgan fingerprint density at radius 2 is 1.95 bits per heavy atom. The molecule has 0 aliphatic carbocycles. The second kappa shape index (κ2) is 8.38. The molecular weight excluding hydrogens is 310 g/mol. The first-order chi connectivity index (χ1) is 10.4. The maximum absolute atomic E-state index is 12.1. The molecule has 0 aliphatic rings. The summed E-state index contributed by atoms with van der Waals surface area (Å²) in [6, 6.07) is 5.10. The standard InChI is InChI=1S/C15H18ClNO5/c1-3-22-12(18)8-9(2)13(15(20)21)17-14(19)10-6-4-5-7-11(10)16/h4-7,9,13H,3,8H2,1-2H3,(H,17,19)(H,20,21)/t9-,13+/m0/s1. The van der Waals surface area contributed by atoms with Gasteiger partial charge in [-0.2, -0.15) is 0 Å². The molecule has 0 radical (unpaired) electrons. The Morgan fingerprint density at radius 3 is 2.50 bits per heavy atom. The monoisotopic (exact) mass is 327 g/mol. The average Bonchev–Trinajstić information content (AvgIpc) is 2.44. The van der Waals surface area contributed by atoms with Crippen LogP contribution >= 0.6 is 11.6 Å². The number of carbonyl (C=O) groups excluding carboxylic acids is 2. The van der Waals surface area contributed by atoms with Crippen molar-refractivity contribution in [1.29, 1.82) is 0 Å². The van der Waals surface area contributed by atoms with E-state index in [4.69, 9.17) is 16.3 Å². The number of hydrogen-bond donors (Lipinski definition) is 2. The van der Waals surface area contributed by atoms with Gasteiger partial charge in [-0.3, -0.25) is 9.59 Å². The zero-order chi connectivity index (χ0) is 16.7. The van der Waals surface area contributed by atoms with Gasteiger partial charge in [-0.15, -0.1) is 0 Å². The Kier molecular flexibility index (Phi) is 6.85. The van der Waals surface area contributed by atoms with E-state index in [0.29, 0.717) is 0 Å². The fourth-order valence-electron chi connectivity index (χ4n) is 1.91. The molecule has 1 aromatic rings. The van der Waals surface area contributed by atoms with Crippen LogP contribution < -0.4 is 5.32 Å². The minimum absolute atomic E-state index is 0.104. The van der Waals surface area contributed by atoms with Gasteiger partial charge in [0.1, 0.15) is 6.04 Å². The highest BCUT2D eigenvalue weighted by Crippen LogP contribution is 2.16. The quantitative estimate of drug-likeness (QED) is 0.748. The van der Waals surface area contributed by atoms with E-state index in [0.717, 1.165) is 0 Å². The molecule has 7 heteroatoms. The molecule has 0 fully saturated rings. The molecule has 0 aromatic heterocycles. The predicted octanol–water partition coefficient (Wildman–Crippen LogP) is 2.11. The number of amides is 1. The second-order valence-electron chi connectivity index (χ2n) is 4.76. The average molecular weight is 328 g/mol. The molecule has 1 aromatic carbocycles. The number of aliphatic carboxylic acids is 1. The van der Waals surface area contributed by atoms with Crippen molar-refractivity contribution in [3.63, 3.8) is 0 Å². The van der Waals surface area contributed by atoms with Gasteiger partial charge in [-0.1, -0.05) is 30.7 Å². The van der Waals surface area contributed by atoms with Crippen LogP contribution in [-0.2, 0) is 14.3 Å². The van der Waals surface area contributed by atoms with Crippen molar-refractivity contribution in [2.45, 2.75) is 26.3 Å². The highest BCUT2D eigenvalue weighted by molar-refractivity contribution is 6.33. The number of benzene rings is 1. The first-order valence-corrected chi connectivity index (χ1v) is 7.18. The van der Waals surface area contributed by atoms with Gasteiger partial charge in [0, 0.05) is 0 Å². The van der Waals surface area contributed by atoms with Crippen LogP contribution in [0.15, 0.2) is 24.3 Å². The number of carbonyl (C=O) groups is 3. The number of hydrogen-bond acceptors (Lipinski definition) is 4. The van der Waals surface area contributed by atoms with E-state index in [1.165, 1.54) is 12.1 Å². The zero-order valence-corrected chi connectivity index (χ0v) is 13.1. The molecule has 0 aliphatic heterocycles. The fourth-order valence-corrected chi connectivity index (χ4v) is 2.13. The summed E-state index contributed by atoms with van der Waals surface area (Å²) < 4.78 is 4.79. The summed E-state index contributed by atoms with van der Waals surface area (Å²) in [5.74, 6) is -2.96. The number of halogens is 1. The number of esters is 1. The maximum Gasteiger partial charge on any atom is 0.326 e. The van der Waals surface area contributed by atoms with Crippen LogP contribution in [0.1, 0.15) is 30.6 Å². The van der Waals surface area contributed by atoms with Crippen molar-refractivity contribution >= 4 is 29.4 Å². The lowest BCUT2D eigenvalue weighted by atomic mass is 9.98. The summed E-state index contributed by atoms with van der Waals surface area (Å²) in [4.78, 5) is 34.9. The van der Waals surface area contributed by atoms with Crippen molar-refractivity contribution in [2.75, 3.05) is 6.61 Å². The highest BCUT2D eigenvalue weighted by Gasteiger charge is 2.29. The molecule has 1 rings (SSSR count). The highest BCUT2D eigenvalue weighted by atomic mass is 35.5. The van der Waals surface area contributed by atoms with Gasteiger partial charge in [0.25, 0.3) is 5.91 Å². The molecule has 120 valence electrons. The van der Waals surface area contributed by atoms with Crippen molar-refractivity contribution in [3.05, 3.63) is 34.9 Å². The van der Waals surface area contributed by atoms with E-state index in [9.17, 15) is 19.5 Å². The smallest absolute Gasteiger partial charge is 0.326 e. The molecule has 0 unspecified atom stereocenters. The van der Waals surface area contributed by atoms with Gasteiger partial charge in [-0.05, 0) is 25.0 Å². The minimum atomic E-state index is -1.22. The second-order valence-corrected chi connectivity index (χ2v) is 5.16. The number of carboxylic acids is 1. The van der Waals surface area contributed by atoms with Gasteiger partial charge >= 0.3 is 11.9 Å². The third kappa shape index (κ3) is 5.04. The van der Waals surface area contributed by atoms with E-state index in [1.54, 1.807) is 26.0 Å². The van der Waals surface area contributed by atoms with Crippen LogP contribution in [0.3, 0.4) is 0 Å². The fraction of sp³-hybridized carbons (Fsp3) is 0.400. The summed E-state index contributed by atoms with van der Waals surface area (Å²) in [5.41, 5.74) is 0.179. The number of rotatable bonds is 7. The van der Waals surface area contributed by atoms with Crippen LogP contribution in [0, 0.1) is 5.92 Å². The summed E-state index contributed by atoms with van der Waals surface area (Å²) in [5, 5.41) is 11.9. The maximum atomic E-state index is 12.1. The van der Waals surface area contributed by atoms with Gasteiger partial charge in [0.15, 0.2) is 0 Å². The predicted molar refractivity (Wildman–Crippen MR) is 80.8 cm³/mol. The third-order valence-electron chi connectivity index (χ3n) is 3.03. The van der Waals surface area contributed by atoms with E-state index in [-0.39, 0.29) is 23.6 Å². The first-order valence-electron chi connectivity index (χ1n) is 6.80. The van der Waals surface area contributed by atoms with E-state index in [1.807, 2.05) is 0 Å². The number of ether oxygens (including phenoxy) is 1. The largest absolute Gasteiger partial charge is 0.480 e. The summed E-state index contributed by atoms with van der Waals surface area (Å²) in [6.45, 7) is 3.44. The summed E-state index contributed by atoms with van der Waals surface area (Å²) >= 11 is 5.90. The molecule has 2 atom stereocenters. The van der Waals surface area contributed by atoms with Crippen LogP contribution in [-0.4, -0.2) is 35.6 Å². The molecular formula is C15H18ClNO5. The molecule has 0 bridgehead atoms. The Hall–Kier alpha value is -2.08. The van der Waals surface area contributed by atoms with E-state index in [2.05, 4.69) is 5.32 Å².